The third-order valence-corrected chi connectivity index (χ3v) is 10.2. The Bertz CT molecular complexity index is 606. The number of hydrogen-bond acceptors (Lipinski definition) is 1. The first-order valence-corrected chi connectivity index (χ1v) is 14.8. The summed E-state index contributed by atoms with van der Waals surface area (Å²) in [4.78, 5) is 11.6. The number of carbonyl (C=O) groups is 1. The second-order valence-electron chi connectivity index (χ2n) is 11.3. The molecular formula is C32H59NO. The van der Waals surface area contributed by atoms with Crippen LogP contribution in [0.1, 0.15) is 125 Å². The van der Waals surface area contributed by atoms with Gasteiger partial charge in [-0.3, -0.25) is 4.79 Å². The Morgan fingerprint density at radius 3 is 2.12 bits per heavy atom. The van der Waals surface area contributed by atoms with Crippen molar-refractivity contribution in [3.8, 4) is 0 Å². The molecule has 4 rings (SSSR count). The molecule has 7 atom stereocenters. The van der Waals surface area contributed by atoms with Crippen LogP contribution in [0.15, 0.2) is 25.3 Å². The second-order valence-corrected chi connectivity index (χ2v) is 11.3. The number of rotatable bonds is 5. The zero-order valence-corrected chi connectivity index (χ0v) is 24.1. The molecule has 4 aliphatic rings. The van der Waals surface area contributed by atoms with Crippen LogP contribution in [0, 0.1) is 40.4 Å². The maximum absolute atomic E-state index is 11.6. The average molecular weight is 474 g/mol. The van der Waals surface area contributed by atoms with Gasteiger partial charge in [-0.05, 0) is 105 Å². The molecule has 0 bridgehead atoms. The van der Waals surface area contributed by atoms with Crippen LogP contribution in [0.2, 0.25) is 0 Å². The van der Waals surface area contributed by atoms with Gasteiger partial charge in [-0.25, -0.2) is 0 Å². The highest BCUT2D eigenvalue weighted by atomic mass is 16.1. The lowest BCUT2D eigenvalue weighted by Crippen LogP contribution is -2.52. The summed E-state index contributed by atoms with van der Waals surface area (Å²) in [5.41, 5.74) is 1.24. The van der Waals surface area contributed by atoms with Gasteiger partial charge in [-0.15, -0.1) is 0 Å². The Hall–Kier alpha value is -1.05. The zero-order chi connectivity index (χ0) is 25.8. The maximum atomic E-state index is 11.6. The fourth-order valence-electron chi connectivity index (χ4n) is 8.51. The summed E-state index contributed by atoms with van der Waals surface area (Å²) in [7, 11) is 1.76. The van der Waals surface area contributed by atoms with Crippen LogP contribution in [0.25, 0.3) is 0 Å². The van der Waals surface area contributed by atoms with Crippen molar-refractivity contribution in [1.82, 2.24) is 5.32 Å². The zero-order valence-electron chi connectivity index (χ0n) is 24.1. The lowest BCUT2D eigenvalue weighted by molar-refractivity contribution is -0.121. The molecular weight excluding hydrogens is 414 g/mol. The Morgan fingerprint density at radius 2 is 1.50 bits per heavy atom. The summed E-state index contributed by atoms with van der Waals surface area (Å²) < 4.78 is 0. The maximum Gasteiger partial charge on any atom is 0.219 e. The predicted molar refractivity (Wildman–Crippen MR) is 151 cm³/mol. The van der Waals surface area contributed by atoms with Gasteiger partial charge in [0.2, 0.25) is 5.91 Å². The molecule has 198 valence electrons. The van der Waals surface area contributed by atoms with Gasteiger partial charge in [-0.1, -0.05) is 79.7 Å². The van der Waals surface area contributed by atoms with Crippen molar-refractivity contribution in [2.24, 2.45) is 40.4 Å². The van der Waals surface area contributed by atoms with Gasteiger partial charge in [-0.2, -0.15) is 0 Å². The van der Waals surface area contributed by atoms with E-state index in [4.69, 9.17) is 0 Å². The van der Waals surface area contributed by atoms with Crippen molar-refractivity contribution < 1.29 is 4.79 Å². The molecule has 1 amide bonds. The molecule has 0 aliphatic heterocycles. The molecule has 4 saturated carbocycles. The third kappa shape index (κ3) is 6.79. The van der Waals surface area contributed by atoms with Gasteiger partial charge in [0.15, 0.2) is 0 Å². The van der Waals surface area contributed by atoms with Crippen LogP contribution in [0.4, 0.5) is 0 Å². The summed E-state index contributed by atoms with van der Waals surface area (Å²) in [6.45, 7) is 20.0. The van der Waals surface area contributed by atoms with E-state index in [0.29, 0.717) is 10.8 Å². The Morgan fingerprint density at radius 1 is 0.853 bits per heavy atom. The van der Waals surface area contributed by atoms with E-state index in [0.717, 1.165) is 42.4 Å². The number of nitrogens with one attached hydrogen (secondary N) is 1. The predicted octanol–water partition coefficient (Wildman–Crippen LogP) is 9.36. The van der Waals surface area contributed by atoms with Gasteiger partial charge in [0, 0.05) is 13.5 Å². The van der Waals surface area contributed by atoms with Crippen LogP contribution < -0.4 is 5.32 Å². The summed E-state index contributed by atoms with van der Waals surface area (Å²) >= 11 is 0. The molecule has 0 saturated heterocycles. The number of carbonyl (C=O) groups excluding carboxylic acids is 1. The van der Waals surface area contributed by atoms with E-state index < -0.39 is 0 Å². The number of amides is 1. The van der Waals surface area contributed by atoms with Crippen molar-refractivity contribution in [2.45, 2.75) is 125 Å². The van der Waals surface area contributed by atoms with Crippen molar-refractivity contribution in [3.05, 3.63) is 25.3 Å². The van der Waals surface area contributed by atoms with E-state index in [9.17, 15) is 4.79 Å². The monoisotopic (exact) mass is 473 g/mol. The largest absolute Gasteiger partial charge is 0.359 e. The highest BCUT2D eigenvalue weighted by Gasteiger charge is 2.59. The van der Waals surface area contributed by atoms with Crippen LogP contribution >= 0.6 is 0 Å². The standard InChI is InChI=1S/C24H41NO.C4H6.2C2H6/c1-23-15-5-4-7-17(23)10-12-19-20-13-11-18(8-6-9-22(26)25-3)24(20,2)16-14-21(19)23;1-3-4-2;2*1-2/h17-21H,4-16H2,1-3H3,(H,25,26);3-4H,1-2H2;2*1-2H3. The van der Waals surface area contributed by atoms with Gasteiger partial charge in [0.05, 0.1) is 0 Å². The molecule has 7 unspecified atom stereocenters. The van der Waals surface area contributed by atoms with Gasteiger partial charge < -0.3 is 5.32 Å². The average Bonchev–Trinajstić information content (AvgIpc) is 3.22. The topological polar surface area (TPSA) is 29.1 Å². The Balaban J connectivity index is 0.000000644. The van der Waals surface area contributed by atoms with Crippen molar-refractivity contribution in [3.63, 3.8) is 0 Å². The molecule has 4 fully saturated rings. The Kier molecular flexibility index (Phi) is 13.8. The van der Waals surface area contributed by atoms with E-state index in [1.54, 1.807) is 19.2 Å². The SMILES string of the molecule is C=CC=C.CC.CC.CNC(=O)CCCC1CCC2C3CCC4CCCCC4(C)C3CCC12C. The van der Waals surface area contributed by atoms with E-state index in [1.165, 1.54) is 70.6 Å². The quantitative estimate of drug-likeness (QED) is 0.396. The molecule has 0 aromatic heterocycles. The van der Waals surface area contributed by atoms with E-state index in [-0.39, 0.29) is 5.91 Å². The van der Waals surface area contributed by atoms with E-state index in [2.05, 4.69) is 32.3 Å². The molecule has 34 heavy (non-hydrogen) atoms. The minimum Gasteiger partial charge on any atom is -0.359 e. The lowest BCUT2D eigenvalue weighted by Gasteiger charge is -2.60. The minimum absolute atomic E-state index is 0.219. The molecule has 0 radical (unpaired) electrons. The van der Waals surface area contributed by atoms with Gasteiger partial charge in [0.1, 0.15) is 0 Å². The number of hydrogen-bond donors (Lipinski definition) is 1. The second kappa shape index (κ2) is 15.1. The molecule has 2 heteroatoms. The summed E-state index contributed by atoms with van der Waals surface area (Å²) in [6, 6.07) is 0. The van der Waals surface area contributed by atoms with Crippen LogP contribution in [-0.4, -0.2) is 13.0 Å². The molecule has 4 aliphatic carbocycles. The van der Waals surface area contributed by atoms with Gasteiger partial charge in [0.25, 0.3) is 0 Å². The molecule has 0 aromatic rings. The van der Waals surface area contributed by atoms with Crippen LogP contribution in [-0.2, 0) is 4.79 Å². The van der Waals surface area contributed by atoms with Crippen molar-refractivity contribution in [1.29, 1.82) is 0 Å². The first-order chi connectivity index (χ1) is 16.4. The van der Waals surface area contributed by atoms with E-state index in [1.807, 2.05) is 27.7 Å². The first kappa shape index (κ1) is 31.0. The highest BCUT2D eigenvalue weighted by molar-refractivity contribution is 5.75. The summed E-state index contributed by atoms with van der Waals surface area (Å²) in [6.07, 6.45) is 21.3. The Labute approximate surface area is 213 Å². The van der Waals surface area contributed by atoms with Crippen molar-refractivity contribution in [2.75, 3.05) is 7.05 Å². The normalized spacial score (nSPS) is 37.3. The summed E-state index contributed by atoms with van der Waals surface area (Å²) in [5.74, 6) is 5.13. The van der Waals surface area contributed by atoms with Crippen LogP contribution in [0.5, 0.6) is 0 Å². The van der Waals surface area contributed by atoms with Gasteiger partial charge >= 0.3 is 0 Å². The van der Waals surface area contributed by atoms with E-state index >= 15 is 0 Å². The highest BCUT2D eigenvalue weighted by Crippen LogP contribution is 2.67. The molecule has 1 N–H and O–H groups in total. The minimum atomic E-state index is 0.219. The van der Waals surface area contributed by atoms with Crippen molar-refractivity contribution >= 4 is 5.91 Å². The molecule has 0 aromatic carbocycles. The molecule has 0 heterocycles. The number of fused-ring (bicyclic) bond motifs is 5. The molecule has 0 spiro atoms. The first-order valence-electron chi connectivity index (χ1n) is 14.8. The number of allylic oxidation sites excluding steroid dienone is 2. The van der Waals surface area contributed by atoms with Crippen LogP contribution in [0.3, 0.4) is 0 Å². The molecule has 2 nitrogen and oxygen atoms in total. The fourth-order valence-corrected chi connectivity index (χ4v) is 8.51. The lowest BCUT2D eigenvalue weighted by atomic mass is 9.45. The summed E-state index contributed by atoms with van der Waals surface area (Å²) in [5, 5.41) is 2.79. The fraction of sp³-hybridized carbons (Fsp3) is 0.844. The smallest absolute Gasteiger partial charge is 0.219 e. The third-order valence-electron chi connectivity index (χ3n) is 10.2.